The van der Waals surface area contributed by atoms with Gasteiger partial charge in [0.2, 0.25) is 0 Å². The summed E-state index contributed by atoms with van der Waals surface area (Å²) in [7, 11) is 0. The number of ether oxygens (including phenoxy) is 1. The number of carbonyl (C=O) groups excluding carboxylic acids is 2. The van der Waals surface area contributed by atoms with Crippen LogP contribution in [-0.4, -0.2) is 31.0 Å². The lowest BCUT2D eigenvalue weighted by atomic mass is 10.1. The van der Waals surface area contributed by atoms with E-state index in [1.807, 2.05) is 24.3 Å². The van der Waals surface area contributed by atoms with Gasteiger partial charge in [-0.1, -0.05) is 18.2 Å². The number of carbonyl (C=O) groups is 2. The van der Waals surface area contributed by atoms with E-state index in [4.69, 9.17) is 9.15 Å². The molecule has 0 bridgehead atoms. The number of amides is 2. The molecular weight excluding hydrogens is 284 g/mol. The molecule has 1 aromatic heterocycles. The van der Waals surface area contributed by atoms with E-state index in [1.54, 1.807) is 12.1 Å². The van der Waals surface area contributed by atoms with Crippen molar-refractivity contribution in [2.75, 3.05) is 13.1 Å². The van der Waals surface area contributed by atoms with E-state index >= 15 is 0 Å². The van der Waals surface area contributed by atoms with Crippen molar-refractivity contribution < 1.29 is 18.7 Å². The Morgan fingerprint density at radius 3 is 2.68 bits per heavy atom. The van der Waals surface area contributed by atoms with E-state index in [0.29, 0.717) is 19.5 Å². The number of fused-ring (bicyclic) bond motifs is 1. The van der Waals surface area contributed by atoms with Crippen LogP contribution in [0.4, 0.5) is 0 Å². The third-order valence-corrected chi connectivity index (χ3v) is 3.39. The van der Waals surface area contributed by atoms with Crippen molar-refractivity contribution in [3.63, 3.8) is 0 Å². The lowest BCUT2D eigenvalue weighted by Crippen LogP contribution is -2.41. The highest BCUT2D eigenvalue weighted by molar-refractivity contribution is 5.91. The van der Waals surface area contributed by atoms with Gasteiger partial charge in [0.25, 0.3) is 11.8 Å². The zero-order valence-corrected chi connectivity index (χ0v) is 11.9. The number of para-hydroxylation sites is 1. The molecule has 2 aromatic rings. The fraction of sp³-hybridized carbons (Fsp3) is 0.250. The third-order valence-electron chi connectivity index (χ3n) is 3.39. The van der Waals surface area contributed by atoms with Gasteiger partial charge in [-0.2, -0.15) is 0 Å². The minimum absolute atomic E-state index is 0.177. The van der Waals surface area contributed by atoms with E-state index in [0.717, 1.165) is 11.3 Å². The van der Waals surface area contributed by atoms with Crippen molar-refractivity contribution in [2.45, 2.75) is 12.5 Å². The highest BCUT2D eigenvalue weighted by Gasteiger charge is 2.28. The Balaban J connectivity index is 1.40. The van der Waals surface area contributed by atoms with Gasteiger partial charge < -0.3 is 19.8 Å². The number of hydrogen-bond donors (Lipinski definition) is 2. The molecule has 2 amide bonds. The Morgan fingerprint density at radius 1 is 1.09 bits per heavy atom. The minimum Gasteiger partial charge on any atom is -0.480 e. The maximum Gasteiger partial charge on any atom is 0.287 e. The van der Waals surface area contributed by atoms with Crippen LogP contribution in [0, 0.1) is 0 Å². The van der Waals surface area contributed by atoms with Crippen LogP contribution in [0.2, 0.25) is 0 Å². The zero-order chi connectivity index (χ0) is 15.4. The van der Waals surface area contributed by atoms with E-state index in [-0.39, 0.29) is 17.6 Å². The second-order valence-electron chi connectivity index (χ2n) is 4.94. The molecular formula is C16H16N2O4. The molecule has 6 heteroatoms. The van der Waals surface area contributed by atoms with Crippen molar-refractivity contribution in [3.05, 3.63) is 54.0 Å². The quantitative estimate of drug-likeness (QED) is 0.811. The maximum atomic E-state index is 12.0. The van der Waals surface area contributed by atoms with Gasteiger partial charge in [0, 0.05) is 19.5 Å². The average molecular weight is 300 g/mol. The van der Waals surface area contributed by atoms with Crippen molar-refractivity contribution in [2.24, 2.45) is 0 Å². The Morgan fingerprint density at radius 2 is 1.91 bits per heavy atom. The van der Waals surface area contributed by atoms with Gasteiger partial charge >= 0.3 is 0 Å². The van der Waals surface area contributed by atoms with Crippen molar-refractivity contribution in [1.82, 2.24) is 10.6 Å². The fourth-order valence-electron chi connectivity index (χ4n) is 2.30. The topological polar surface area (TPSA) is 80.6 Å². The van der Waals surface area contributed by atoms with Crippen molar-refractivity contribution in [1.29, 1.82) is 0 Å². The summed E-state index contributed by atoms with van der Waals surface area (Å²) in [5.74, 6) is 0.530. The van der Waals surface area contributed by atoms with Gasteiger partial charge in [-0.25, -0.2) is 0 Å². The third kappa shape index (κ3) is 3.11. The van der Waals surface area contributed by atoms with Crippen LogP contribution in [0.3, 0.4) is 0 Å². The second-order valence-corrected chi connectivity index (χ2v) is 4.94. The molecule has 0 unspecified atom stereocenters. The molecule has 114 valence electrons. The highest BCUT2D eigenvalue weighted by atomic mass is 16.5. The summed E-state index contributed by atoms with van der Waals surface area (Å²) in [4.78, 5) is 23.6. The van der Waals surface area contributed by atoms with Crippen LogP contribution in [0.5, 0.6) is 5.75 Å². The average Bonchev–Trinajstić information content (AvgIpc) is 3.19. The first-order chi connectivity index (χ1) is 10.7. The Hall–Kier alpha value is -2.76. The van der Waals surface area contributed by atoms with Gasteiger partial charge in [-0.15, -0.1) is 0 Å². The number of hydrogen-bond acceptors (Lipinski definition) is 4. The molecule has 1 aliphatic rings. The Labute approximate surface area is 127 Å². The number of rotatable bonds is 5. The van der Waals surface area contributed by atoms with Crippen molar-refractivity contribution >= 4 is 11.8 Å². The molecule has 0 saturated carbocycles. The first kappa shape index (κ1) is 14.2. The molecule has 0 radical (unpaired) electrons. The maximum absolute atomic E-state index is 12.0. The molecule has 6 nitrogen and oxygen atoms in total. The van der Waals surface area contributed by atoms with Gasteiger partial charge in [-0.05, 0) is 23.8 Å². The summed E-state index contributed by atoms with van der Waals surface area (Å²) < 4.78 is 10.6. The SMILES string of the molecule is O=C(NCCNC(=O)[C@@H]1Cc2ccccc2O1)c1ccco1. The fourth-order valence-corrected chi connectivity index (χ4v) is 2.30. The predicted molar refractivity (Wildman–Crippen MR) is 78.6 cm³/mol. The summed E-state index contributed by atoms with van der Waals surface area (Å²) >= 11 is 0. The van der Waals surface area contributed by atoms with Gasteiger partial charge in [0.1, 0.15) is 5.75 Å². The molecule has 1 atom stereocenters. The monoisotopic (exact) mass is 300 g/mol. The second kappa shape index (κ2) is 6.34. The van der Waals surface area contributed by atoms with Crippen LogP contribution < -0.4 is 15.4 Å². The van der Waals surface area contributed by atoms with Crippen LogP contribution in [0.15, 0.2) is 47.1 Å². The van der Waals surface area contributed by atoms with Gasteiger partial charge in [0.05, 0.1) is 6.26 Å². The summed E-state index contributed by atoms with van der Waals surface area (Å²) in [5.41, 5.74) is 1.04. The molecule has 1 aliphatic heterocycles. The summed E-state index contributed by atoms with van der Waals surface area (Å²) in [6.45, 7) is 0.659. The molecule has 22 heavy (non-hydrogen) atoms. The molecule has 0 fully saturated rings. The summed E-state index contributed by atoms with van der Waals surface area (Å²) in [6.07, 6.45) is 1.50. The molecule has 0 spiro atoms. The highest BCUT2D eigenvalue weighted by Crippen LogP contribution is 2.27. The molecule has 0 saturated heterocycles. The summed E-state index contributed by atoms with van der Waals surface area (Å²) in [6, 6.07) is 10.8. The lowest BCUT2D eigenvalue weighted by Gasteiger charge is -2.11. The van der Waals surface area contributed by atoms with Gasteiger partial charge in [0.15, 0.2) is 11.9 Å². The van der Waals surface area contributed by atoms with Gasteiger partial charge in [-0.3, -0.25) is 9.59 Å². The molecule has 3 rings (SSSR count). The van der Waals surface area contributed by atoms with Crippen LogP contribution in [0.25, 0.3) is 0 Å². The molecule has 1 aromatic carbocycles. The lowest BCUT2D eigenvalue weighted by molar-refractivity contribution is -0.127. The molecule has 0 aliphatic carbocycles. The number of furan rings is 1. The Bertz CT molecular complexity index is 642. The minimum atomic E-state index is -0.502. The summed E-state index contributed by atoms with van der Waals surface area (Å²) in [5, 5.41) is 5.41. The smallest absolute Gasteiger partial charge is 0.287 e. The van der Waals surface area contributed by atoms with E-state index < -0.39 is 6.10 Å². The van der Waals surface area contributed by atoms with Crippen LogP contribution in [0.1, 0.15) is 16.1 Å². The molecule has 2 N–H and O–H groups in total. The van der Waals surface area contributed by atoms with E-state index in [2.05, 4.69) is 10.6 Å². The van der Waals surface area contributed by atoms with E-state index in [9.17, 15) is 9.59 Å². The standard InChI is InChI=1S/C16H16N2O4/c19-15(13-6-3-9-21-13)17-7-8-18-16(20)14-10-11-4-1-2-5-12(11)22-14/h1-6,9,14H,7-8,10H2,(H,17,19)(H,18,20)/t14-/m0/s1. The molecule has 2 heterocycles. The largest absolute Gasteiger partial charge is 0.480 e. The van der Waals surface area contributed by atoms with Crippen molar-refractivity contribution in [3.8, 4) is 5.75 Å². The van der Waals surface area contributed by atoms with Crippen LogP contribution in [-0.2, 0) is 11.2 Å². The normalized spacial score (nSPS) is 15.7. The Kier molecular flexibility index (Phi) is 4.09. The zero-order valence-electron chi connectivity index (χ0n) is 11.9. The van der Waals surface area contributed by atoms with Crippen LogP contribution >= 0.6 is 0 Å². The number of benzene rings is 1. The first-order valence-electron chi connectivity index (χ1n) is 7.08. The number of nitrogens with one attached hydrogen (secondary N) is 2. The predicted octanol–water partition coefficient (Wildman–Crippen LogP) is 1.13. The first-order valence-corrected chi connectivity index (χ1v) is 7.08. The van der Waals surface area contributed by atoms with E-state index in [1.165, 1.54) is 6.26 Å².